The Hall–Kier alpha value is -3.08. The Morgan fingerprint density at radius 1 is 1.29 bits per heavy atom. The Morgan fingerprint density at radius 3 is 2.75 bits per heavy atom. The first-order valence-electron chi connectivity index (χ1n) is 9.49. The standard InChI is InChI=1S/C20H24N4O4/c21-10-9-20(7-8-20)13-24-16-5-4-15(12-14(16)3-6-17(24)25)23-19(28)22-11-1-2-18(26)27/h4-5,12H,1-3,6-9,11,13H2,(H,26,27)(H2,22,23,28). The van der Waals surface area contributed by atoms with Crippen LogP contribution in [0.15, 0.2) is 18.2 Å². The van der Waals surface area contributed by atoms with Crippen molar-refractivity contribution >= 4 is 29.3 Å². The van der Waals surface area contributed by atoms with Crippen LogP contribution in [-0.2, 0) is 16.0 Å². The number of aliphatic carboxylic acids is 1. The number of benzene rings is 1. The Labute approximate surface area is 163 Å². The molecular weight excluding hydrogens is 360 g/mol. The van der Waals surface area contributed by atoms with Gasteiger partial charge in [0.15, 0.2) is 0 Å². The van der Waals surface area contributed by atoms with Crippen LogP contribution in [0.25, 0.3) is 0 Å². The lowest BCUT2D eigenvalue weighted by Gasteiger charge is -2.32. The lowest BCUT2D eigenvalue weighted by Crippen LogP contribution is -2.39. The van der Waals surface area contributed by atoms with Crippen LogP contribution < -0.4 is 15.5 Å². The van der Waals surface area contributed by atoms with Crippen molar-refractivity contribution in [2.24, 2.45) is 5.41 Å². The molecule has 1 aromatic carbocycles. The lowest BCUT2D eigenvalue weighted by atomic mass is 9.96. The Balaban J connectivity index is 1.62. The Bertz CT molecular complexity index is 826. The number of hydrogen-bond acceptors (Lipinski definition) is 4. The van der Waals surface area contributed by atoms with E-state index in [1.165, 1.54) is 0 Å². The van der Waals surface area contributed by atoms with E-state index in [1.807, 2.05) is 12.1 Å². The fourth-order valence-corrected chi connectivity index (χ4v) is 3.50. The van der Waals surface area contributed by atoms with Crippen molar-refractivity contribution in [3.8, 4) is 6.07 Å². The second-order valence-electron chi connectivity index (χ2n) is 7.54. The smallest absolute Gasteiger partial charge is 0.319 e. The average Bonchev–Trinajstić information content (AvgIpc) is 3.41. The number of amides is 3. The number of nitriles is 1. The first-order valence-corrected chi connectivity index (χ1v) is 9.49. The molecule has 3 amide bonds. The van der Waals surface area contributed by atoms with Gasteiger partial charge in [-0.15, -0.1) is 0 Å². The molecule has 0 unspecified atom stereocenters. The van der Waals surface area contributed by atoms with Gasteiger partial charge in [-0.25, -0.2) is 4.79 Å². The monoisotopic (exact) mass is 384 g/mol. The maximum absolute atomic E-state index is 12.4. The minimum atomic E-state index is -0.890. The number of carbonyl (C=O) groups is 3. The van der Waals surface area contributed by atoms with Crippen LogP contribution in [0.3, 0.4) is 0 Å². The van der Waals surface area contributed by atoms with Crippen molar-refractivity contribution in [1.82, 2.24) is 5.32 Å². The number of urea groups is 1. The van der Waals surface area contributed by atoms with E-state index in [2.05, 4.69) is 16.7 Å². The summed E-state index contributed by atoms with van der Waals surface area (Å²) in [6.07, 6.45) is 3.83. The van der Waals surface area contributed by atoms with Gasteiger partial charge in [0.2, 0.25) is 5.91 Å². The molecule has 0 atom stereocenters. The highest BCUT2D eigenvalue weighted by Gasteiger charge is 2.45. The van der Waals surface area contributed by atoms with Crippen molar-refractivity contribution in [3.63, 3.8) is 0 Å². The highest BCUT2D eigenvalue weighted by molar-refractivity contribution is 5.97. The summed E-state index contributed by atoms with van der Waals surface area (Å²) >= 11 is 0. The van der Waals surface area contributed by atoms with E-state index in [4.69, 9.17) is 10.4 Å². The Kier molecular flexibility index (Phi) is 5.83. The summed E-state index contributed by atoms with van der Waals surface area (Å²) in [5.74, 6) is -0.813. The maximum atomic E-state index is 12.4. The summed E-state index contributed by atoms with van der Waals surface area (Å²) in [5, 5.41) is 23.0. The van der Waals surface area contributed by atoms with Gasteiger partial charge < -0.3 is 20.6 Å². The number of carboxylic acid groups (broad SMARTS) is 1. The van der Waals surface area contributed by atoms with E-state index in [9.17, 15) is 14.4 Å². The quantitative estimate of drug-likeness (QED) is 0.595. The van der Waals surface area contributed by atoms with E-state index in [0.29, 0.717) is 37.9 Å². The van der Waals surface area contributed by atoms with Gasteiger partial charge in [0.1, 0.15) is 0 Å². The molecule has 0 saturated heterocycles. The summed E-state index contributed by atoms with van der Waals surface area (Å²) in [5.41, 5.74) is 2.41. The van der Waals surface area contributed by atoms with Crippen LogP contribution in [-0.4, -0.2) is 36.1 Å². The predicted molar refractivity (Wildman–Crippen MR) is 103 cm³/mol. The van der Waals surface area contributed by atoms with Crippen molar-refractivity contribution in [2.75, 3.05) is 23.3 Å². The molecule has 0 bridgehead atoms. The molecule has 0 aromatic heterocycles. The van der Waals surface area contributed by atoms with Gasteiger partial charge in [-0.1, -0.05) is 0 Å². The third-order valence-electron chi connectivity index (χ3n) is 5.30. The molecule has 2 aliphatic rings. The van der Waals surface area contributed by atoms with E-state index < -0.39 is 5.97 Å². The molecule has 8 nitrogen and oxygen atoms in total. The summed E-state index contributed by atoms with van der Waals surface area (Å²) in [6.45, 7) is 0.857. The zero-order valence-corrected chi connectivity index (χ0v) is 15.7. The van der Waals surface area contributed by atoms with Gasteiger partial charge in [-0.3, -0.25) is 9.59 Å². The zero-order valence-electron chi connectivity index (χ0n) is 15.7. The largest absolute Gasteiger partial charge is 0.481 e. The van der Waals surface area contributed by atoms with Gasteiger partial charge in [0.05, 0.1) is 6.07 Å². The van der Waals surface area contributed by atoms with E-state index >= 15 is 0 Å². The molecule has 1 aliphatic carbocycles. The first-order chi connectivity index (χ1) is 13.4. The SMILES string of the molecule is N#CCC1(CN2C(=O)CCc3cc(NC(=O)NCCCC(=O)O)ccc32)CC1. The fourth-order valence-electron chi connectivity index (χ4n) is 3.50. The van der Waals surface area contributed by atoms with Crippen LogP contribution >= 0.6 is 0 Å². The zero-order chi connectivity index (χ0) is 20.1. The molecule has 1 fully saturated rings. The van der Waals surface area contributed by atoms with Crippen molar-refractivity contribution in [2.45, 2.75) is 44.9 Å². The van der Waals surface area contributed by atoms with Gasteiger partial charge >= 0.3 is 12.0 Å². The number of hydrogen-bond donors (Lipinski definition) is 3. The molecule has 1 aliphatic heterocycles. The summed E-state index contributed by atoms with van der Waals surface area (Å²) in [4.78, 5) is 36.7. The lowest BCUT2D eigenvalue weighted by molar-refractivity contribution is -0.137. The summed E-state index contributed by atoms with van der Waals surface area (Å²) in [6, 6.07) is 7.31. The molecular formula is C20H24N4O4. The number of fused-ring (bicyclic) bond motifs is 1. The fraction of sp³-hybridized carbons (Fsp3) is 0.500. The third kappa shape index (κ3) is 4.80. The van der Waals surface area contributed by atoms with Crippen LogP contribution in [0, 0.1) is 16.7 Å². The molecule has 0 radical (unpaired) electrons. The summed E-state index contributed by atoms with van der Waals surface area (Å²) < 4.78 is 0. The van der Waals surface area contributed by atoms with Crippen LogP contribution in [0.2, 0.25) is 0 Å². The second-order valence-corrected chi connectivity index (χ2v) is 7.54. The number of aryl methyl sites for hydroxylation is 1. The molecule has 1 aromatic rings. The predicted octanol–water partition coefficient (Wildman–Crippen LogP) is 2.65. The van der Waals surface area contributed by atoms with Gasteiger partial charge in [-0.05, 0) is 49.4 Å². The normalized spacial score (nSPS) is 16.7. The topological polar surface area (TPSA) is 123 Å². The minimum absolute atomic E-state index is 0.0102. The van der Waals surface area contributed by atoms with Crippen molar-refractivity contribution in [1.29, 1.82) is 5.26 Å². The highest BCUT2D eigenvalue weighted by atomic mass is 16.4. The van der Waals surface area contributed by atoms with Gasteiger partial charge in [0, 0.05) is 49.1 Å². The minimum Gasteiger partial charge on any atom is -0.481 e. The molecule has 1 saturated carbocycles. The van der Waals surface area contributed by atoms with Crippen molar-refractivity contribution in [3.05, 3.63) is 23.8 Å². The molecule has 0 spiro atoms. The molecule has 3 rings (SSSR count). The van der Waals surface area contributed by atoms with Crippen LogP contribution in [0.1, 0.15) is 44.1 Å². The first kappa shape index (κ1) is 19.7. The van der Waals surface area contributed by atoms with E-state index in [0.717, 1.165) is 24.1 Å². The molecule has 3 N–H and O–H groups in total. The van der Waals surface area contributed by atoms with Gasteiger partial charge in [0.25, 0.3) is 0 Å². The Morgan fingerprint density at radius 2 is 2.07 bits per heavy atom. The number of carbonyl (C=O) groups excluding carboxylic acids is 2. The number of rotatable bonds is 8. The number of anilines is 2. The molecule has 148 valence electrons. The van der Waals surface area contributed by atoms with Crippen molar-refractivity contribution < 1.29 is 19.5 Å². The molecule has 28 heavy (non-hydrogen) atoms. The van der Waals surface area contributed by atoms with Crippen LogP contribution in [0.4, 0.5) is 16.2 Å². The van der Waals surface area contributed by atoms with E-state index in [-0.39, 0.29) is 30.3 Å². The second kappa shape index (κ2) is 8.30. The number of carboxylic acids is 1. The number of nitrogens with one attached hydrogen (secondary N) is 2. The van der Waals surface area contributed by atoms with E-state index in [1.54, 1.807) is 11.0 Å². The maximum Gasteiger partial charge on any atom is 0.319 e. The molecule has 1 heterocycles. The molecule has 8 heteroatoms. The van der Waals surface area contributed by atoms with Gasteiger partial charge in [-0.2, -0.15) is 5.26 Å². The highest BCUT2D eigenvalue weighted by Crippen LogP contribution is 2.50. The average molecular weight is 384 g/mol. The number of nitrogens with zero attached hydrogens (tertiary/aromatic N) is 2. The summed E-state index contributed by atoms with van der Waals surface area (Å²) in [7, 11) is 0. The third-order valence-corrected chi connectivity index (χ3v) is 5.30. The van der Waals surface area contributed by atoms with Crippen LogP contribution in [0.5, 0.6) is 0 Å².